The highest BCUT2D eigenvalue weighted by atomic mass is 35.5. The predicted molar refractivity (Wildman–Crippen MR) is 79.8 cm³/mol. The van der Waals surface area contributed by atoms with E-state index in [9.17, 15) is 10.1 Å². The quantitative estimate of drug-likeness (QED) is 0.920. The van der Waals surface area contributed by atoms with Crippen molar-refractivity contribution in [3.63, 3.8) is 0 Å². The normalized spacial score (nSPS) is 20.5. The molecule has 112 valence electrons. The van der Waals surface area contributed by atoms with E-state index in [-0.39, 0.29) is 5.91 Å². The number of halogens is 1. The highest BCUT2D eigenvalue weighted by Gasteiger charge is 2.27. The maximum atomic E-state index is 12.2. The van der Waals surface area contributed by atoms with E-state index >= 15 is 0 Å². The largest absolute Gasteiger partial charge is 0.366 e. The number of hydrogen-bond acceptors (Lipinski definition) is 4. The highest BCUT2D eigenvalue weighted by Crippen LogP contribution is 2.18. The van der Waals surface area contributed by atoms with E-state index in [2.05, 4.69) is 16.3 Å². The number of nitrogens with zero attached hydrogens (tertiary/aromatic N) is 2. The molecule has 1 N–H and O–H groups in total. The number of likely N-dealkylation sites (N-methyl/N-ethyl adjacent to an activating group) is 1. The van der Waals surface area contributed by atoms with Crippen LogP contribution in [-0.2, 0) is 9.53 Å². The van der Waals surface area contributed by atoms with E-state index in [1.54, 1.807) is 24.3 Å². The molecule has 1 aliphatic rings. The first-order chi connectivity index (χ1) is 10.1. The average Bonchev–Trinajstić information content (AvgIpc) is 2.52. The third-order valence-electron chi connectivity index (χ3n) is 3.49. The molecule has 2 rings (SSSR count). The molecule has 1 fully saturated rings. The number of carbonyl (C=O) groups is 1. The first-order valence-electron chi connectivity index (χ1n) is 6.93. The van der Waals surface area contributed by atoms with Crippen molar-refractivity contribution >= 4 is 17.5 Å². The van der Waals surface area contributed by atoms with Gasteiger partial charge in [-0.1, -0.05) is 30.7 Å². The van der Waals surface area contributed by atoms with Crippen molar-refractivity contribution in [1.82, 2.24) is 10.2 Å². The third kappa shape index (κ3) is 4.18. The summed E-state index contributed by atoms with van der Waals surface area (Å²) in [4.78, 5) is 14.4. The Balaban J connectivity index is 2.01. The standard InChI is InChI=1S/C15H18ClN3O2/c1-2-19-6-7-21-14(10-19)15(20)18-13(9-17)11-4-3-5-12(16)8-11/h3-5,8,13-14H,2,6-7,10H2,1H3,(H,18,20). The second-order valence-corrected chi connectivity index (χ2v) is 5.31. The van der Waals surface area contributed by atoms with Gasteiger partial charge in [0.25, 0.3) is 5.91 Å². The molecular formula is C15H18ClN3O2. The minimum absolute atomic E-state index is 0.264. The Morgan fingerprint density at radius 3 is 3.14 bits per heavy atom. The lowest BCUT2D eigenvalue weighted by Gasteiger charge is -2.31. The molecule has 0 saturated carbocycles. The fourth-order valence-electron chi connectivity index (χ4n) is 2.26. The van der Waals surface area contributed by atoms with Gasteiger partial charge < -0.3 is 10.1 Å². The summed E-state index contributed by atoms with van der Waals surface area (Å²) in [6.07, 6.45) is -0.534. The molecule has 0 bridgehead atoms. The van der Waals surface area contributed by atoms with Crippen LogP contribution >= 0.6 is 11.6 Å². The number of rotatable bonds is 4. The van der Waals surface area contributed by atoms with Crippen LogP contribution in [0.5, 0.6) is 0 Å². The molecule has 5 nitrogen and oxygen atoms in total. The molecule has 1 aromatic carbocycles. The molecule has 1 amide bonds. The molecule has 0 aliphatic carbocycles. The number of carbonyl (C=O) groups excluding carboxylic acids is 1. The van der Waals surface area contributed by atoms with Crippen LogP contribution in [0.2, 0.25) is 5.02 Å². The number of amides is 1. The Kier molecular flexibility index (Phi) is 5.57. The Morgan fingerprint density at radius 1 is 1.67 bits per heavy atom. The van der Waals surface area contributed by atoms with E-state index in [1.165, 1.54) is 0 Å². The summed E-state index contributed by atoms with van der Waals surface area (Å²) in [5.74, 6) is -0.264. The van der Waals surface area contributed by atoms with E-state index in [1.807, 2.05) is 6.92 Å². The lowest BCUT2D eigenvalue weighted by molar-refractivity contribution is -0.138. The van der Waals surface area contributed by atoms with E-state index < -0.39 is 12.1 Å². The second-order valence-electron chi connectivity index (χ2n) is 4.88. The van der Waals surface area contributed by atoms with Gasteiger partial charge in [-0.15, -0.1) is 0 Å². The smallest absolute Gasteiger partial charge is 0.251 e. The number of hydrogen-bond donors (Lipinski definition) is 1. The van der Waals surface area contributed by atoms with Crippen molar-refractivity contribution in [3.05, 3.63) is 34.9 Å². The van der Waals surface area contributed by atoms with Gasteiger partial charge >= 0.3 is 0 Å². The molecule has 0 radical (unpaired) electrons. The monoisotopic (exact) mass is 307 g/mol. The minimum atomic E-state index is -0.725. The van der Waals surface area contributed by atoms with Crippen molar-refractivity contribution in [2.24, 2.45) is 0 Å². The second kappa shape index (κ2) is 7.41. The van der Waals surface area contributed by atoms with Crippen LogP contribution in [0.25, 0.3) is 0 Å². The first kappa shape index (κ1) is 15.8. The SMILES string of the molecule is CCN1CCOC(C(=O)NC(C#N)c2cccc(Cl)c2)C1. The summed E-state index contributed by atoms with van der Waals surface area (Å²) in [5, 5.41) is 12.5. The van der Waals surface area contributed by atoms with Gasteiger partial charge in [-0.05, 0) is 24.2 Å². The fourth-order valence-corrected chi connectivity index (χ4v) is 2.46. The fraction of sp³-hybridized carbons (Fsp3) is 0.467. The van der Waals surface area contributed by atoms with Gasteiger partial charge in [0.2, 0.25) is 0 Å². The van der Waals surface area contributed by atoms with Crippen molar-refractivity contribution in [1.29, 1.82) is 5.26 Å². The first-order valence-corrected chi connectivity index (χ1v) is 7.31. The van der Waals surface area contributed by atoms with Crippen LogP contribution in [0.15, 0.2) is 24.3 Å². The van der Waals surface area contributed by atoms with Crippen LogP contribution in [0.4, 0.5) is 0 Å². The zero-order chi connectivity index (χ0) is 15.2. The van der Waals surface area contributed by atoms with Gasteiger partial charge in [-0.25, -0.2) is 0 Å². The minimum Gasteiger partial charge on any atom is -0.366 e. The Hall–Kier alpha value is -1.61. The number of morpholine rings is 1. The van der Waals surface area contributed by atoms with Crippen molar-refractivity contribution in [3.8, 4) is 6.07 Å². The van der Waals surface area contributed by atoms with Crippen LogP contribution in [0.1, 0.15) is 18.5 Å². The highest BCUT2D eigenvalue weighted by molar-refractivity contribution is 6.30. The molecule has 1 heterocycles. The Labute approximate surface area is 129 Å². The van der Waals surface area contributed by atoms with Crippen LogP contribution < -0.4 is 5.32 Å². The maximum absolute atomic E-state index is 12.2. The van der Waals surface area contributed by atoms with Gasteiger partial charge in [0.1, 0.15) is 12.1 Å². The van der Waals surface area contributed by atoms with Gasteiger partial charge in [0, 0.05) is 18.1 Å². The van der Waals surface area contributed by atoms with Crippen molar-refractivity contribution < 1.29 is 9.53 Å². The zero-order valence-electron chi connectivity index (χ0n) is 11.9. The summed E-state index contributed by atoms with van der Waals surface area (Å²) < 4.78 is 5.49. The molecule has 1 aliphatic heterocycles. The molecule has 2 atom stereocenters. The summed E-state index contributed by atoms with van der Waals surface area (Å²) in [6, 6.07) is 8.28. The van der Waals surface area contributed by atoms with Gasteiger partial charge in [-0.2, -0.15) is 5.26 Å². The molecule has 1 aromatic rings. The van der Waals surface area contributed by atoms with Gasteiger partial charge in [0.05, 0.1) is 12.7 Å². The maximum Gasteiger partial charge on any atom is 0.251 e. The lowest BCUT2D eigenvalue weighted by atomic mass is 10.1. The number of benzene rings is 1. The lowest BCUT2D eigenvalue weighted by Crippen LogP contribution is -2.50. The van der Waals surface area contributed by atoms with E-state index in [4.69, 9.17) is 16.3 Å². The van der Waals surface area contributed by atoms with Crippen LogP contribution in [-0.4, -0.2) is 43.2 Å². The number of ether oxygens (including phenoxy) is 1. The zero-order valence-corrected chi connectivity index (χ0v) is 12.6. The summed E-state index contributed by atoms with van der Waals surface area (Å²) >= 11 is 5.92. The predicted octanol–water partition coefficient (Wildman–Crippen LogP) is 1.74. The van der Waals surface area contributed by atoms with Gasteiger partial charge in [0.15, 0.2) is 0 Å². The Bertz CT molecular complexity index is 544. The number of nitrogens with one attached hydrogen (secondary N) is 1. The van der Waals surface area contributed by atoms with Crippen molar-refractivity contribution in [2.45, 2.75) is 19.1 Å². The number of nitriles is 1. The molecule has 21 heavy (non-hydrogen) atoms. The van der Waals surface area contributed by atoms with Gasteiger partial charge in [-0.3, -0.25) is 9.69 Å². The average molecular weight is 308 g/mol. The molecule has 0 aromatic heterocycles. The topological polar surface area (TPSA) is 65.4 Å². The molecule has 2 unspecified atom stereocenters. The van der Waals surface area contributed by atoms with E-state index in [0.717, 1.165) is 13.1 Å². The van der Waals surface area contributed by atoms with Crippen LogP contribution in [0, 0.1) is 11.3 Å². The summed E-state index contributed by atoms with van der Waals surface area (Å²) in [7, 11) is 0. The molecule has 1 saturated heterocycles. The van der Waals surface area contributed by atoms with E-state index in [0.29, 0.717) is 23.7 Å². The summed E-state index contributed by atoms with van der Waals surface area (Å²) in [5.41, 5.74) is 0.668. The Morgan fingerprint density at radius 2 is 2.48 bits per heavy atom. The van der Waals surface area contributed by atoms with Crippen molar-refractivity contribution in [2.75, 3.05) is 26.2 Å². The van der Waals surface area contributed by atoms with Crippen LogP contribution in [0.3, 0.4) is 0 Å². The molecular weight excluding hydrogens is 290 g/mol. The summed E-state index contributed by atoms with van der Waals surface area (Å²) in [6.45, 7) is 4.83. The molecule has 6 heteroatoms. The molecule has 0 spiro atoms. The third-order valence-corrected chi connectivity index (χ3v) is 3.72.